The van der Waals surface area contributed by atoms with Crippen molar-refractivity contribution >= 4 is 15.7 Å². The second-order valence-electron chi connectivity index (χ2n) is 4.57. The van der Waals surface area contributed by atoms with E-state index in [1.54, 1.807) is 0 Å². The van der Waals surface area contributed by atoms with Gasteiger partial charge in [0.25, 0.3) is 10.0 Å². The summed E-state index contributed by atoms with van der Waals surface area (Å²) >= 11 is 0. The quantitative estimate of drug-likeness (QED) is 0.674. The molecule has 0 saturated carbocycles. The largest absolute Gasteiger partial charge is 0.279 e. The molecule has 14 heavy (non-hydrogen) atoms. The van der Waals surface area contributed by atoms with Gasteiger partial charge in [-0.1, -0.05) is 27.7 Å². The molecule has 0 atom stereocenters. The molecular weight excluding hydrogens is 198 g/mol. The molecule has 0 unspecified atom stereocenters. The minimum absolute atomic E-state index is 0.200. The molecule has 0 aromatic carbocycles. The van der Waals surface area contributed by atoms with Crippen molar-refractivity contribution in [3.63, 3.8) is 0 Å². The maximum Gasteiger partial charge on any atom is 0.279 e. The first-order valence-electron chi connectivity index (χ1n) is 4.75. The van der Waals surface area contributed by atoms with Gasteiger partial charge in [-0.15, -0.1) is 0 Å². The molecule has 1 aliphatic heterocycles. The molecular formula is C10H17NO2S. The van der Waals surface area contributed by atoms with Gasteiger partial charge >= 0.3 is 0 Å². The molecule has 0 radical (unpaired) electrons. The topological polar surface area (TPSA) is 46.5 Å². The lowest BCUT2D eigenvalue weighted by molar-refractivity contribution is 0.588. The zero-order chi connectivity index (χ0) is 11.1. The van der Waals surface area contributed by atoms with Gasteiger partial charge in [-0.3, -0.25) is 0 Å². The van der Waals surface area contributed by atoms with Crippen LogP contribution < -0.4 is 0 Å². The summed E-state index contributed by atoms with van der Waals surface area (Å²) in [6, 6.07) is 0. The lowest BCUT2D eigenvalue weighted by Crippen LogP contribution is -2.19. The van der Waals surface area contributed by atoms with Gasteiger partial charge in [0, 0.05) is 5.41 Å². The maximum absolute atomic E-state index is 11.6. The number of allylic oxidation sites excluding steroid dienone is 2. The van der Waals surface area contributed by atoms with Crippen LogP contribution >= 0.6 is 0 Å². The number of nitrogens with zero attached hydrogens (tertiary/aromatic N) is 1. The monoisotopic (exact) mass is 215 g/mol. The minimum atomic E-state index is -3.35. The average molecular weight is 215 g/mol. The summed E-state index contributed by atoms with van der Waals surface area (Å²) in [7, 11) is -3.35. The first-order valence-corrected chi connectivity index (χ1v) is 6.19. The third-order valence-corrected chi connectivity index (χ3v) is 3.97. The van der Waals surface area contributed by atoms with E-state index < -0.39 is 10.0 Å². The van der Waals surface area contributed by atoms with E-state index in [9.17, 15) is 8.42 Å². The third-order valence-electron chi connectivity index (χ3n) is 2.33. The van der Waals surface area contributed by atoms with Crippen LogP contribution in [0.25, 0.3) is 0 Å². The standard InChI is InChI=1S/C10H17NO2S/c1-6-8-7(2)9(10(3,4)5)11-14(8,12)13/h6H2,1-5H3. The van der Waals surface area contributed by atoms with Gasteiger partial charge in [-0.25, -0.2) is 0 Å². The maximum atomic E-state index is 11.6. The highest BCUT2D eigenvalue weighted by molar-refractivity contribution is 7.94. The predicted octanol–water partition coefficient (Wildman–Crippen LogP) is 2.50. The van der Waals surface area contributed by atoms with E-state index in [0.29, 0.717) is 17.0 Å². The van der Waals surface area contributed by atoms with Crippen LogP contribution in [0.4, 0.5) is 0 Å². The number of hydrogen-bond acceptors (Lipinski definition) is 2. The van der Waals surface area contributed by atoms with Crippen LogP contribution in [-0.2, 0) is 10.0 Å². The van der Waals surface area contributed by atoms with Crippen molar-refractivity contribution in [1.82, 2.24) is 0 Å². The molecule has 0 aromatic rings. The third kappa shape index (κ3) is 1.75. The van der Waals surface area contributed by atoms with E-state index in [-0.39, 0.29) is 5.41 Å². The van der Waals surface area contributed by atoms with Crippen LogP contribution in [0, 0.1) is 5.41 Å². The zero-order valence-electron chi connectivity index (χ0n) is 9.38. The average Bonchev–Trinajstić information content (AvgIpc) is 2.20. The Morgan fingerprint density at radius 2 is 1.79 bits per heavy atom. The summed E-state index contributed by atoms with van der Waals surface area (Å²) in [5.41, 5.74) is 1.34. The number of rotatable bonds is 1. The molecule has 0 N–H and O–H groups in total. The van der Waals surface area contributed by atoms with Crippen molar-refractivity contribution < 1.29 is 8.42 Å². The van der Waals surface area contributed by atoms with Crippen LogP contribution in [0.2, 0.25) is 0 Å². The molecule has 0 fully saturated rings. The second kappa shape index (κ2) is 3.19. The van der Waals surface area contributed by atoms with Crippen molar-refractivity contribution in [2.75, 3.05) is 0 Å². The van der Waals surface area contributed by atoms with Crippen LogP contribution in [0.3, 0.4) is 0 Å². The molecule has 1 heterocycles. The molecule has 1 aliphatic rings. The van der Waals surface area contributed by atoms with E-state index in [1.807, 2.05) is 34.6 Å². The Labute approximate surface area is 86.0 Å². The van der Waals surface area contributed by atoms with Crippen molar-refractivity contribution in [1.29, 1.82) is 0 Å². The summed E-state index contributed by atoms with van der Waals surface area (Å²) in [6.45, 7) is 9.61. The van der Waals surface area contributed by atoms with Crippen LogP contribution in [-0.4, -0.2) is 14.1 Å². The fraction of sp³-hybridized carbons (Fsp3) is 0.700. The Balaban J connectivity index is 3.37. The molecule has 1 rings (SSSR count). The van der Waals surface area contributed by atoms with E-state index in [4.69, 9.17) is 0 Å². The van der Waals surface area contributed by atoms with Crippen molar-refractivity contribution in [2.24, 2.45) is 9.81 Å². The van der Waals surface area contributed by atoms with E-state index in [0.717, 1.165) is 5.57 Å². The molecule has 0 amide bonds. The van der Waals surface area contributed by atoms with Crippen molar-refractivity contribution in [3.8, 4) is 0 Å². The Morgan fingerprint density at radius 1 is 1.29 bits per heavy atom. The Kier molecular flexibility index (Phi) is 2.61. The van der Waals surface area contributed by atoms with Gasteiger partial charge in [0.05, 0.1) is 10.6 Å². The molecule has 0 saturated heterocycles. The Bertz CT molecular complexity index is 408. The summed E-state index contributed by atoms with van der Waals surface area (Å²) in [5, 5.41) is 0. The first kappa shape index (κ1) is 11.4. The van der Waals surface area contributed by atoms with Crippen LogP contribution in [0.15, 0.2) is 14.9 Å². The second-order valence-corrected chi connectivity index (χ2v) is 6.19. The molecule has 0 spiro atoms. The normalized spacial score (nSPS) is 21.4. The van der Waals surface area contributed by atoms with Gasteiger partial charge in [-0.2, -0.15) is 12.8 Å². The number of hydrogen-bond donors (Lipinski definition) is 0. The summed E-state index contributed by atoms with van der Waals surface area (Å²) in [4.78, 5) is 0.474. The molecule has 4 heteroatoms. The first-order chi connectivity index (χ1) is 6.20. The van der Waals surface area contributed by atoms with Crippen LogP contribution in [0.1, 0.15) is 41.0 Å². The van der Waals surface area contributed by atoms with Gasteiger partial charge in [-0.05, 0) is 18.9 Å². The number of sulfonamides is 1. The predicted molar refractivity (Wildman–Crippen MR) is 58.8 cm³/mol. The van der Waals surface area contributed by atoms with Crippen molar-refractivity contribution in [2.45, 2.75) is 41.0 Å². The van der Waals surface area contributed by atoms with Gasteiger partial charge in [0.15, 0.2) is 0 Å². The molecule has 0 bridgehead atoms. The Hall–Kier alpha value is -0.640. The van der Waals surface area contributed by atoms with Gasteiger partial charge in [0.2, 0.25) is 0 Å². The summed E-state index contributed by atoms with van der Waals surface area (Å²) < 4.78 is 27.1. The summed E-state index contributed by atoms with van der Waals surface area (Å²) in [6.07, 6.45) is 0.525. The fourth-order valence-corrected chi connectivity index (χ4v) is 3.33. The highest BCUT2D eigenvalue weighted by atomic mass is 32.2. The van der Waals surface area contributed by atoms with E-state index in [2.05, 4.69) is 4.40 Å². The van der Waals surface area contributed by atoms with E-state index in [1.165, 1.54) is 0 Å². The lowest BCUT2D eigenvalue weighted by atomic mass is 9.86. The molecule has 3 nitrogen and oxygen atoms in total. The lowest BCUT2D eigenvalue weighted by Gasteiger charge is -2.18. The minimum Gasteiger partial charge on any atom is -0.200 e. The smallest absolute Gasteiger partial charge is 0.200 e. The van der Waals surface area contributed by atoms with Crippen molar-refractivity contribution in [3.05, 3.63) is 10.5 Å². The van der Waals surface area contributed by atoms with Gasteiger partial charge in [0.1, 0.15) is 0 Å². The molecule has 0 aromatic heterocycles. The van der Waals surface area contributed by atoms with Crippen LogP contribution in [0.5, 0.6) is 0 Å². The SMILES string of the molecule is CCC1=C(C)C(C(C)(C)C)=NS1(=O)=O. The van der Waals surface area contributed by atoms with E-state index >= 15 is 0 Å². The fourth-order valence-electron chi connectivity index (χ4n) is 1.72. The highest BCUT2D eigenvalue weighted by Gasteiger charge is 2.33. The zero-order valence-corrected chi connectivity index (χ0v) is 10.2. The molecule has 0 aliphatic carbocycles. The summed E-state index contributed by atoms with van der Waals surface area (Å²) in [5.74, 6) is 0. The Morgan fingerprint density at radius 3 is 2.00 bits per heavy atom. The highest BCUT2D eigenvalue weighted by Crippen LogP contribution is 2.33. The van der Waals surface area contributed by atoms with Gasteiger partial charge < -0.3 is 0 Å². The molecule has 80 valence electrons.